The molecule has 13 heteroatoms. The number of alkyl halides is 3. The van der Waals surface area contributed by atoms with Gasteiger partial charge in [-0.25, -0.2) is 4.68 Å². The molecule has 1 atom stereocenters. The number of nitrogen functional groups attached to an aromatic ring is 1. The Hall–Kier alpha value is -2.37. The van der Waals surface area contributed by atoms with Crippen LogP contribution in [-0.4, -0.2) is 33.2 Å². The molecule has 28 heavy (non-hydrogen) atoms. The van der Waals surface area contributed by atoms with Gasteiger partial charge in [0.2, 0.25) is 11.6 Å². The summed E-state index contributed by atoms with van der Waals surface area (Å²) in [5.74, 6) is -1.40. The number of ether oxygens (including phenoxy) is 1. The second kappa shape index (κ2) is 7.22. The summed E-state index contributed by atoms with van der Waals surface area (Å²) < 4.78 is 44.8. The standard InChI is InChI=1S/C15H11Cl2F3N4O4/c16-7-4-6(15(18,19)20)5-8(17)10(7)23-11(12(24(26)27)14(21)22-23)13(25)9-2-1-3-28-9/h4-5,9H,1-3H2,(H2,21,22). The zero-order valence-corrected chi connectivity index (χ0v) is 15.3. The largest absolute Gasteiger partial charge is 0.416 e. The van der Waals surface area contributed by atoms with Gasteiger partial charge in [0.15, 0.2) is 5.69 Å². The average molecular weight is 439 g/mol. The van der Waals surface area contributed by atoms with Gasteiger partial charge in [-0.2, -0.15) is 13.2 Å². The molecule has 1 aliphatic rings. The number of anilines is 1. The molecule has 8 nitrogen and oxygen atoms in total. The van der Waals surface area contributed by atoms with E-state index in [4.69, 9.17) is 33.7 Å². The van der Waals surface area contributed by atoms with E-state index in [1.165, 1.54) is 0 Å². The van der Waals surface area contributed by atoms with Crippen LogP contribution in [0.3, 0.4) is 0 Å². The van der Waals surface area contributed by atoms with Gasteiger partial charge in [-0.15, -0.1) is 5.10 Å². The van der Waals surface area contributed by atoms with Crippen LogP contribution in [0.2, 0.25) is 10.0 Å². The Labute approximate surface area is 165 Å². The summed E-state index contributed by atoms with van der Waals surface area (Å²) in [6.45, 7) is 0.287. The highest BCUT2D eigenvalue weighted by atomic mass is 35.5. The van der Waals surface area contributed by atoms with Crippen LogP contribution < -0.4 is 5.73 Å². The number of halogens is 5. The fraction of sp³-hybridized carbons (Fsp3) is 0.333. The smallest absolute Gasteiger partial charge is 0.376 e. The minimum Gasteiger partial charge on any atom is -0.376 e. The Morgan fingerprint density at radius 3 is 2.43 bits per heavy atom. The SMILES string of the molecule is Nc1nn(-c2c(Cl)cc(C(F)(F)F)cc2Cl)c(C(=O)C2CCCO2)c1[N+](=O)[O-]. The molecular formula is C15H11Cl2F3N4O4. The van der Waals surface area contributed by atoms with E-state index in [0.29, 0.717) is 29.7 Å². The van der Waals surface area contributed by atoms with E-state index < -0.39 is 55.8 Å². The zero-order valence-electron chi connectivity index (χ0n) is 13.8. The topological polar surface area (TPSA) is 113 Å². The van der Waals surface area contributed by atoms with Gasteiger partial charge in [0.05, 0.1) is 20.5 Å². The molecule has 3 rings (SSSR count). The first-order chi connectivity index (χ1) is 13.0. The molecule has 1 fully saturated rings. The van der Waals surface area contributed by atoms with E-state index in [1.807, 2.05) is 0 Å². The van der Waals surface area contributed by atoms with Crippen LogP contribution >= 0.6 is 23.2 Å². The van der Waals surface area contributed by atoms with E-state index in [1.54, 1.807) is 0 Å². The van der Waals surface area contributed by atoms with Crippen molar-refractivity contribution in [1.82, 2.24) is 9.78 Å². The number of carbonyl (C=O) groups is 1. The maximum Gasteiger partial charge on any atom is 0.416 e. The number of benzene rings is 1. The van der Waals surface area contributed by atoms with Crippen molar-refractivity contribution in [1.29, 1.82) is 0 Å². The number of aromatic nitrogens is 2. The molecule has 2 aromatic rings. The predicted octanol–water partition coefficient (Wildman–Crippen LogP) is 4.05. The molecule has 1 aromatic carbocycles. The lowest BCUT2D eigenvalue weighted by molar-refractivity contribution is -0.384. The summed E-state index contributed by atoms with van der Waals surface area (Å²) in [5.41, 5.74) is 2.75. The molecule has 1 aliphatic heterocycles. The number of rotatable bonds is 4. The van der Waals surface area contributed by atoms with Gasteiger partial charge in [0.1, 0.15) is 11.8 Å². The normalized spacial score (nSPS) is 17.1. The molecule has 0 aliphatic carbocycles. The highest BCUT2D eigenvalue weighted by Gasteiger charge is 2.39. The van der Waals surface area contributed by atoms with Crippen molar-refractivity contribution in [3.8, 4) is 5.69 Å². The van der Waals surface area contributed by atoms with Crippen LogP contribution in [0.4, 0.5) is 24.7 Å². The van der Waals surface area contributed by atoms with E-state index in [2.05, 4.69) is 5.10 Å². The van der Waals surface area contributed by atoms with Crippen molar-refractivity contribution in [2.45, 2.75) is 25.1 Å². The molecule has 0 amide bonds. The number of nitrogens with zero attached hydrogens (tertiary/aromatic N) is 3. The number of hydrogen-bond acceptors (Lipinski definition) is 6. The van der Waals surface area contributed by atoms with Crippen molar-refractivity contribution in [2.75, 3.05) is 12.3 Å². The second-order valence-corrected chi connectivity index (χ2v) is 6.72. The minimum absolute atomic E-state index is 0.287. The molecule has 0 bridgehead atoms. The molecule has 150 valence electrons. The van der Waals surface area contributed by atoms with Crippen LogP contribution in [0, 0.1) is 10.1 Å². The van der Waals surface area contributed by atoms with Crippen LogP contribution in [0.15, 0.2) is 12.1 Å². The zero-order chi connectivity index (χ0) is 20.8. The van der Waals surface area contributed by atoms with E-state index in [-0.39, 0.29) is 12.3 Å². The fourth-order valence-corrected chi connectivity index (χ4v) is 3.51. The van der Waals surface area contributed by atoms with E-state index in [0.717, 1.165) is 0 Å². The molecule has 0 spiro atoms. The molecule has 1 aromatic heterocycles. The summed E-state index contributed by atoms with van der Waals surface area (Å²) in [7, 11) is 0. The van der Waals surface area contributed by atoms with Gasteiger partial charge in [0, 0.05) is 6.61 Å². The fourth-order valence-electron chi connectivity index (χ4n) is 2.86. The third kappa shape index (κ3) is 3.52. The summed E-state index contributed by atoms with van der Waals surface area (Å²) in [5, 5.41) is 14.1. The lowest BCUT2D eigenvalue weighted by Crippen LogP contribution is -2.24. The predicted molar refractivity (Wildman–Crippen MR) is 93.0 cm³/mol. The Bertz CT molecular complexity index is 948. The molecule has 1 saturated heterocycles. The van der Waals surface area contributed by atoms with Crippen LogP contribution in [-0.2, 0) is 10.9 Å². The van der Waals surface area contributed by atoms with Gasteiger partial charge < -0.3 is 10.5 Å². The minimum atomic E-state index is -4.72. The molecule has 2 heterocycles. The summed E-state index contributed by atoms with van der Waals surface area (Å²) in [4.78, 5) is 23.3. The number of hydrogen-bond donors (Lipinski definition) is 1. The Balaban J connectivity index is 2.24. The monoisotopic (exact) mass is 438 g/mol. The molecule has 2 N–H and O–H groups in total. The van der Waals surface area contributed by atoms with Crippen molar-refractivity contribution in [2.24, 2.45) is 0 Å². The van der Waals surface area contributed by atoms with Crippen molar-refractivity contribution >= 4 is 40.5 Å². The highest BCUT2D eigenvalue weighted by molar-refractivity contribution is 6.38. The Kier molecular flexibility index (Phi) is 5.26. The lowest BCUT2D eigenvalue weighted by Gasteiger charge is -2.14. The first kappa shape index (κ1) is 20.4. The van der Waals surface area contributed by atoms with Crippen LogP contribution in [0.5, 0.6) is 0 Å². The second-order valence-electron chi connectivity index (χ2n) is 5.90. The Morgan fingerprint density at radius 2 is 1.96 bits per heavy atom. The first-order valence-electron chi connectivity index (χ1n) is 7.77. The third-order valence-corrected chi connectivity index (χ3v) is 4.66. The molecular weight excluding hydrogens is 428 g/mol. The van der Waals surface area contributed by atoms with Crippen LogP contribution in [0.1, 0.15) is 28.9 Å². The highest BCUT2D eigenvalue weighted by Crippen LogP contribution is 2.40. The van der Waals surface area contributed by atoms with Crippen molar-refractivity contribution in [3.05, 3.63) is 43.5 Å². The number of ketones is 1. The third-order valence-electron chi connectivity index (χ3n) is 4.08. The first-order valence-corrected chi connectivity index (χ1v) is 8.53. The summed E-state index contributed by atoms with van der Waals surface area (Å²) in [6.07, 6.45) is -4.82. The number of Topliss-reactive ketones (excluding diaryl/α,β-unsaturated/α-hetero) is 1. The van der Waals surface area contributed by atoms with Crippen LogP contribution in [0.25, 0.3) is 5.69 Å². The summed E-state index contributed by atoms with van der Waals surface area (Å²) in [6, 6.07) is 1.15. The van der Waals surface area contributed by atoms with Gasteiger partial charge in [-0.1, -0.05) is 23.2 Å². The van der Waals surface area contributed by atoms with Crippen molar-refractivity contribution < 1.29 is 27.6 Å². The van der Waals surface area contributed by atoms with E-state index >= 15 is 0 Å². The number of nitrogens with two attached hydrogens (primary N) is 1. The average Bonchev–Trinajstić information content (AvgIpc) is 3.20. The van der Waals surface area contributed by atoms with E-state index in [9.17, 15) is 28.1 Å². The molecule has 0 saturated carbocycles. The van der Waals surface area contributed by atoms with Gasteiger partial charge in [0.25, 0.3) is 0 Å². The Morgan fingerprint density at radius 1 is 1.36 bits per heavy atom. The summed E-state index contributed by atoms with van der Waals surface area (Å²) >= 11 is 11.9. The number of carbonyl (C=O) groups excluding carboxylic acids is 1. The van der Waals surface area contributed by atoms with Gasteiger partial charge in [-0.3, -0.25) is 14.9 Å². The molecule has 1 unspecified atom stereocenters. The van der Waals surface area contributed by atoms with Gasteiger partial charge >= 0.3 is 11.9 Å². The van der Waals surface area contributed by atoms with Gasteiger partial charge in [-0.05, 0) is 25.0 Å². The molecule has 0 radical (unpaired) electrons. The van der Waals surface area contributed by atoms with Crippen molar-refractivity contribution in [3.63, 3.8) is 0 Å². The quantitative estimate of drug-likeness (QED) is 0.437. The number of nitro groups is 1. The maximum absolute atomic E-state index is 12.9. The maximum atomic E-state index is 12.9. The lowest BCUT2D eigenvalue weighted by atomic mass is 10.1.